The first kappa shape index (κ1) is 21.1. The summed E-state index contributed by atoms with van der Waals surface area (Å²) in [6, 6.07) is 7.00. The number of piperidine rings is 1. The Balaban J connectivity index is 1.53. The van der Waals surface area contributed by atoms with Gasteiger partial charge >= 0.3 is 5.97 Å². The number of ether oxygens (including phenoxy) is 1. The van der Waals surface area contributed by atoms with Crippen molar-refractivity contribution in [1.29, 1.82) is 0 Å². The zero-order chi connectivity index (χ0) is 21.3. The minimum atomic E-state index is -0.942. The Kier molecular flexibility index (Phi) is 6.26. The second kappa shape index (κ2) is 8.91. The summed E-state index contributed by atoms with van der Waals surface area (Å²) >= 11 is 0. The maximum Gasteiger partial charge on any atom is 0.337 e. The van der Waals surface area contributed by atoms with Crippen molar-refractivity contribution in [1.82, 2.24) is 15.1 Å². The Labute approximate surface area is 177 Å². The summed E-state index contributed by atoms with van der Waals surface area (Å²) < 4.78 is 5.47. The van der Waals surface area contributed by atoms with Crippen molar-refractivity contribution in [3.8, 4) is 0 Å². The van der Waals surface area contributed by atoms with Crippen molar-refractivity contribution in [2.75, 3.05) is 38.2 Å². The van der Waals surface area contributed by atoms with Gasteiger partial charge in [0.1, 0.15) is 0 Å². The van der Waals surface area contributed by atoms with Gasteiger partial charge in [0.15, 0.2) is 0 Å². The van der Waals surface area contributed by atoms with Crippen molar-refractivity contribution in [2.24, 2.45) is 11.8 Å². The SMILES string of the molecule is CC1CC([C@H](C)Nc2ccccc2C(=O)O)C2NC(N3CCOCC3)CC(=O)N2C1. The molecule has 30 heavy (non-hydrogen) atoms. The van der Waals surface area contributed by atoms with E-state index in [1.165, 1.54) is 0 Å². The molecule has 3 heterocycles. The molecule has 8 nitrogen and oxygen atoms in total. The van der Waals surface area contributed by atoms with E-state index in [1.807, 2.05) is 11.0 Å². The van der Waals surface area contributed by atoms with E-state index >= 15 is 0 Å². The Bertz CT molecular complexity index is 782. The van der Waals surface area contributed by atoms with Crippen LogP contribution in [0, 0.1) is 11.8 Å². The third-order valence-corrected chi connectivity index (χ3v) is 6.65. The number of aromatic carboxylic acids is 1. The monoisotopic (exact) mass is 416 g/mol. The van der Waals surface area contributed by atoms with Crippen LogP contribution in [0.3, 0.4) is 0 Å². The maximum absolute atomic E-state index is 13.0. The normalized spacial score (nSPS) is 31.1. The zero-order valence-corrected chi connectivity index (χ0v) is 17.7. The van der Waals surface area contributed by atoms with Gasteiger partial charge in [0.05, 0.1) is 37.5 Å². The molecule has 3 N–H and O–H groups in total. The van der Waals surface area contributed by atoms with Crippen molar-refractivity contribution in [3.63, 3.8) is 0 Å². The number of carboxylic acids is 1. The number of carbonyl (C=O) groups is 2. The van der Waals surface area contributed by atoms with Crippen LogP contribution in [0.15, 0.2) is 24.3 Å². The molecule has 4 rings (SSSR count). The number of anilines is 1. The van der Waals surface area contributed by atoms with Gasteiger partial charge in [-0.3, -0.25) is 15.0 Å². The molecule has 164 valence electrons. The molecule has 1 aromatic rings. The van der Waals surface area contributed by atoms with Crippen LogP contribution in [0.1, 0.15) is 37.0 Å². The Morgan fingerprint density at radius 1 is 1.30 bits per heavy atom. The molecule has 0 spiro atoms. The smallest absolute Gasteiger partial charge is 0.337 e. The predicted octanol–water partition coefficient (Wildman–Crippen LogP) is 1.65. The minimum absolute atomic E-state index is 0.00416. The molecule has 0 bridgehead atoms. The molecule has 0 aliphatic carbocycles. The number of hydrogen-bond donors (Lipinski definition) is 3. The van der Waals surface area contributed by atoms with Crippen molar-refractivity contribution in [2.45, 2.75) is 45.1 Å². The number of para-hydroxylation sites is 1. The quantitative estimate of drug-likeness (QED) is 0.672. The number of carbonyl (C=O) groups excluding carboxylic acids is 1. The summed E-state index contributed by atoms with van der Waals surface area (Å²) in [5.41, 5.74) is 0.887. The third-order valence-electron chi connectivity index (χ3n) is 6.65. The lowest BCUT2D eigenvalue weighted by molar-refractivity contribution is -0.150. The first-order valence-corrected chi connectivity index (χ1v) is 10.9. The van der Waals surface area contributed by atoms with Gasteiger partial charge < -0.3 is 20.1 Å². The van der Waals surface area contributed by atoms with E-state index in [-0.39, 0.29) is 35.8 Å². The van der Waals surface area contributed by atoms with Crippen molar-refractivity contribution in [3.05, 3.63) is 29.8 Å². The van der Waals surface area contributed by atoms with Gasteiger partial charge in [-0.05, 0) is 31.4 Å². The Morgan fingerprint density at radius 2 is 2.03 bits per heavy atom. The van der Waals surface area contributed by atoms with Gasteiger partial charge in [0, 0.05) is 37.3 Å². The number of nitrogens with one attached hydrogen (secondary N) is 2. The molecular weight excluding hydrogens is 384 g/mol. The highest BCUT2D eigenvalue weighted by Gasteiger charge is 2.45. The summed E-state index contributed by atoms with van der Waals surface area (Å²) in [6.07, 6.45) is 1.42. The Hall–Kier alpha value is -2.16. The summed E-state index contributed by atoms with van der Waals surface area (Å²) in [7, 11) is 0. The molecular formula is C22H32N4O4. The summed E-state index contributed by atoms with van der Waals surface area (Å²) in [5.74, 6) is -0.175. The lowest BCUT2D eigenvalue weighted by atomic mass is 9.81. The zero-order valence-electron chi connectivity index (χ0n) is 17.7. The molecule has 1 aromatic carbocycles. The lowest BCUT2D eigenvalue weighted by Gasteiger charge is -2.52. The van der Waals surface area contributed by atoms with Gasteiger partial charge in [0.25, 0.3) is 0 Å². The van der Waals surface area contributed by atoms with E-state index in [2.05, 4.69) is 29.4 Å². The molecule has 0 aromatic heterocycles. The van der Waals surface area contributed by atoms with Crippen molar-refractivity contribution < 1.29 is 19.4 Å². The standard InChI is InChI=1S/C22H32N4O4/c1-14-11-17(15(2)23-18-6-4-3-5-16(18)22(28)29)21-24-19(12-20(27)26(21)13-14)25-7-9-30-10-8-25/h3-6,14-15,17,19,21,23-24H,7-13H2,1-2H3,(H,28,29)/t14?,15-,17?,19?,21?/m0/s1. The molecule has 4 unspecified atom stereocenters. The fraction of sp³-hybridized carbons (Fsp3) is 0.636. The highest BCUT2D eigenvalue weighted by Crippen LogP contribution is 2.34. The lowest BCUT2D eigenvalue weighted by Crippen LogP contribution is -2.69. The van der Waals surface area contributed by atoms with E-state index in [0.717, 1.165) is 26.1 Å². The van der Waals surface area contributed by atoms with Crippen LogP contribution in [0.25, 0.3) is 0 Å². The summed E-state index contributed by atoms with van der Waals surface area (Å²) in [4.78, 5) is 28.9. The van der Waals surface area contributed by atoms with Crippen LogP contribution >= 0.6 is 0 Å². The molecule has 3 saturated heterocycles. The van der Waals surface area contributed by atoms with E-state index < -0.39 is 5.97 Å². The first-order chi connectivity index (χ1) is 14.4. The molecule has 3 aliphatic rings. The van der Waals surface area contributed by atoms with Crippen molar-refractivity contribution >= 4 is 17.6 Å². The minimum Gasteiger partial charge on any atom is -0.478 e. The largest absolute Gasteiger partial charge is 0.478 e. The fourth-order valence-electron chi connectivity index (χ4n) is 5.11. The fourth-order valence-corrected chi connectivity index (χ4v) is 5.11. The third kappa shape index (κ3) is 4.31. The molecule has 5 atom stereocenters. The van der Waals surface area contributed by atoms with Gasteiger partial charge in [-0.15, -0.1) is 0 Å². The molecule has 0 radical (unpaired) electrons. The average molecular weight is 417 g/mol. The number of fused-ring (bicyclic) bond motifs is 1. The van der Waals surface area contributed by atoms with Crippen LogP contribution in [0.2, 0.25) is 0 Å². The van der Waals surface area contributed by atoms with E-state index in [1.54, 1.807) is 18.2 Å². The first-order valence-electron chi connectivity index (χ1n) is 10.9. The summed E-state index contributed by atoms with van der Waals surface area (Å²) in [6.45, 7) is 8.10. The molecule has 8 heteroatoms. The van der Waals surface area contributed by atoms with E-state index in [9.17, 15) is 14.7 Å². The highest BCUT2D eigenvalue weighted by molar-refractivity contribution is 5.94. The van der Waals surface area contributed by atoms with Crippen LogP contribution in [-0.2, 0) is 9.53 Å². The maximum atomic E-state index is 13.0. The number of benzene rings is 1. The number of carboxylic acid groups (broad SMARTS) is 1. The number of amides is 1. The van der Waals surface area contributed by atoms with Crippen LogP contribution in [0.5, 0.6) is 0 Å². The van der Waals surface area contributed by atoms with Crippen LogP contribution < -0.4 is 10.6 Å². The molecule has 0 saturated carbocycles. The van der Waals surface area contributed by atoms with Gasteiger partial charge in [-0.2, -0.15) is 0 Å². The number of rotatable bonds is 5. The number of nitrogens with zero attached hydrogens (tertiary/aromatic N) is 2. The topological polar surface area (TPSA) is 94.1 Å². The molecule has 3 aliphatic heterocycles. The molecule has 3 fully saturated rings. The highest BCUT2D eigenvalue weighted by atomic mass is 16.5. The second-order valence-electron chi connectivity index (χ2n) is 8.81. The van der Waals surface area contributed by atoms with Gasteiger partial charge in [0.2, 0.25) is 5.91 Å². The van der Waals surface area contributed by atoms with Crippen LogP contribution in [0.4, 0.5) is 5.69 Å². The van der Waals surface area contributed by atoms with Gasteiger partial charge in [-0.25, -0.2) is 4.79 Å². The number of morpholine rings is 1. The van der Waals surface area contributed by atoms with Gasteiger partial charge in [-0.1, -0.05) is 19.1 Å². The second-order valence-corrected chi connectivity index (χ2v) is 8.81. The van der Waals surface area contributed by atoms with E-state index in [4.69, 9.17) is 4.74 Å². The summed E-state index contributed by atoms with van der Waals surface area (Å²) in [5, 5.41) is 16.7. The average Bonchev–Trinajstić information content (AvgIpc) is 2.74. The Morgan fingerprint density at radius 3 is 2.77 bits per heavy atom. The van der Waals surface area contributed by atoms with E-state index in [0.29, 0.717) is 31.2 Å². The predicted molar refractivity (Wildman–Crippen MR) is 113 cm³/mol. The van der Waals surface area contributed by atoms with Crippen LogP contribution in [-0.4, -0.2) is 78.0 Å². The molecule has 1 amide bonds. The number of hydrogen-bond acceptors (Lipinski definition) is 6.